The van der Waals surface area contributed by atoms with Crippen molar-refractivity contribution >= 4 is 7.82 Å². The van der Waals surface area contributed by atoms with E-state index in [1.807, 2.05) is 38.1 Å². The second-order valence-corrected chi connectivity index (χ2v) is 7.29. The van der Waals surface area contributed by atoms with Crippen LogP contribution >= 0.6 is 7.82 Å². The zero-order valence-electron chi connectivity index (χ0n) is 15.2. The molecule has 0 bridgehead atoms. The van der Waals surface area contributed by atoms with Crippen LogP contribution in [-0.4, -0.2) is 0 Å². The Bertz CT molecular complexity index is 867. The largest absolute Gasteiger partial charge is 0.625 e. The van der Waals surface area contributed by atoms with Crippen LogP contribution in [0.25, 0.3) is 0 Å². The van der Waals surface area contributed by atoms with E-state index in [0.717, 1.165) is 17.5 Å². The predicted molar refractivity (Wildman–Crippen MR) is 104 cm³/mol. The lowest BCUT2D eigenvalue weighted by Gasteiger charge is -2.18. The van der Waals surface area contributed by atoms with Gasteiger partial charge in [-0.15, -0.1) is 0 Å². The summed E-state index contributed by atoms with van der Waals surface area (Å²) in [6, 6.07) is 23.0. The molecule has 27 heavy (non-hydrogen) atoms. The van der Waals surface area contributed by atoms with Crippen molar-refractivity contribution in [2.45, 2.75) is 20.3 Å². The predicted octanol–water partition coefficient (Wildman–Crippen LogP) is 6.13. The Labute approximate surface area is 159 Å². The van der Waals surface area contributed by atoms with Gasteiger partial charge in [0.25, 0.3) is 0 Å². The monoisotopic (exact) mass is 384 g/mol. The molecule has 0 aliphatic carbocycles. The average molecular weight is 384 g/mol. The molecule has 5 nitrogen and oxygen atoms in total. The maximum Gasteiger partial charge on any atom is 0.625 e. The quantitative estimate of drug-likeness (QED) is 0.265. The first-order valence-corrected chi connectivity index (χ1v) is 10.1. The summed E-state index contributed by atoms with van der Waals surface area (Å²) in [7, 11) is -4.09. The molecule has 0 unspecified atom stereocenters. The molecule has 6 heteroatoms. The molecule has 0 aliphatic heterocycles. The number of phosphoric ester groups is 1. The minimum atomic E-state index is -4.09. The van der Waals surface area contributed by atoms with Gasteiger partial charge in [-0.2, -0.15) is 0 Å². The maximum atomic E-state index is 13.2. The third-order valence-corrected chi connectivity index (χ3v) is 4.86. The number of para-hydroxylation sites is 2. The van der Waals surface area contributed by atoms with Crippen LogP contribution in [-0.2, 0) is 15.7 Å². The van der Waals surface area contributed by atoms with Crippen LogP contribution in [0, 0.1) is 6.92 Å². The maximum absolute atomic E-state index is 13.2. The van der Waals surface area contributed by atoms with E-state index in [0.29, 0.717) is 17.2 Å². The minimum Gasteiger partial charge on any atom is -0.393 e. The van der Waals surface area contributed by atoms with Gasteiger partial charge in [0.05, 0.1) is 0 Å². The first-order valence-electron chi connectivity index (χ1n) is 8.63. The molecule has 3 rings (SSSR count). The van der Waals surface area contributed by atoms with E-state index in [9.17, 15) is 4.57 Å². The van der Waals surface area contributed by atoms with Crippen LogP contribution in [0.4, 0.5) is 0 Å². The van der Waals surface area contributed by atoms with Crippen molar-refractivity contribution in [1.29, 1.82) is 0 Å². The summed E-state index contributed by atoms with van der Waals surface area (Å²) in [5.41, 5.74) is 2.03. The van der Waals surface area contributed by atoms with E-state index >= 15 is 0 Å². The summed E-state index contributed by atoms with van der Waals surface area (Å²) < 4.78 is 29.4. The Morgan fingerprint density at radius 3 is 1.89 bits per heavy atom. The average Bonchev–Trinajstić information content (AvgIpc) is 2.68. The zero-order chi connectivity index (χ0) is 19.1. The van der Waals surface area contributed by atoms with Gasteiger partial charge in [0.15, 0.2) is 5.75 Å². The van der Waals surface area contributed by atoms with Gasteiger partial charge in [-0.3, -0.25) is 0 Å². The highest BCUT2D eigenvalue weighted by molar-refractivity contribution is 7.49. The minimum absolute atomic E-state index is 0.347. The van der Waals surface area contributed by atoms with Crippen molar-refractivity contribution in [3.63, 3.8) is 0 Å². The zero-order valence-corrected chi connectivity index (χ0v) is 16.1. The Kier molecular flexibility index (Phi) is 6.17. The summed E-state index contributed by atoms with van der Waals surface area (Å²) >= 11 is 0. The molecular weight excluding hydrogens is 363 g/mol. The van der Waals surface area contributed by atoms with Crippen LogP contribution in [0.3, 0.4) is 0 Å². The Hall–Kier alpha value is -2.75. The first-order chi connectivity index (χ1) is 13.1. The molecule has 3 aromatic rings. The molecule has 0 aliphatic rings. The van der Waals surface area contributed by atoms with Crippen LogP contribution in [0.5, 0.6) is 17.2 Å². The molecule has 0 saturated heterocycles. The first kappa shape index (κ1) is 19.0. The van der Waals surface area contributed by atoms with Gasteiger partial charge in [0.2, 0.25) is 0 Å². The van der Waals surface area contributed by atoms with Gasteiger partial charge in [0, 0.05) is 0 Å². The fourth-order valence-corrected chi connectivity index (χ4v) is 3.45. The van der Waals surface area contributed by atoms with Crippen molar-refractivity contribution < 1.29 is 23.2 Å². The molecule has 0 radical (unpaired) electrons. The molecule has 0 spiro atoms. The lowest BCUT2D eigenvalue weighted by molar-refractivity contribution is -0.119. The van der Waals surface area contributed by atoms with Crippen molar-refractivity contribution in [3.05, 3.63) is 90.0 Å². The van der Waals surface area contributed by atoms with Gasteiger partial charge in [-0.25, -0.2) is 4.57 Å². The summed E-state index contributed by atoms with van der Waals surface area (Å²) in [5, 5.41) is 0. The lowest BCUT2D eigenvalue weighted by Crippen LogP contribution is -2.08. The molecule has 0 atom stereocenters. The van der Waals surface area contributed by atoms with Crippen LogP contribution in [0.15, 0.2) is 78.9 Å². The van der Waals surface area contributed by atoms with Gasteiger partial charge in [0.1, 0.15) is 11.5 Å². The fraction of sp³-hybridized carbons (Fsp3) is 0.143. The molecule has 0 saturated carbocycles. The van der Waals surface area contributed by atoms with E-state index < -0.39 is 7.82 Å². The van der Waals surface area contributed by atoms with Gasteiger partial charge in [-0.05, 0) is 49.2 Å². The van der Waals surface area contributed by atoms with Gasteiger partial charge in [-0.1, -0.05) is 65.7 Å². The summed E-state index contributed by atoms with van der Waals surface area (Å²) in [6.45, 7) is 3.99. The lowest BCUT2D eigenvalue weighted by atomic mass is 10.1. The third-order valence-electron chi connectivity index (χ3n) is 3.74. The number of benzene rings is 3. The van der Waals surface area contributed by atoms with E-state index in [4.69, 9.17) is 18.6 Å². The van der Waals surface area contributed by atoms with Gasteiger partial charge >= 0.3 is 7.82 Å². The van der Waals surface area contributed by atoms with E-state index in [2.05, 4.69) is 0 Å². The summed E-state index contributed by atoms with van der Waals surface area (Å²) in [4.78, 5) is 5.38. The standard InChI is InChI=1S/C21H21O5P/c1-3-18-16-17(2)14-15-21(18)23-26-27(22,24-19-10-6-4-7-11-19)25-20-12-8-5-9-13-20/h4-16H,3H2,1-2H3. The molecule has 0 aromatic heterocycles. The number of hydrogen-bond donors (Lipinski definition) is 0. The third kappa shape index (κ3) is 5.36. The summed E-state index contributed by atoms with van der Waals surface area (Å²) in [5.74, 6) is 1.16. The Morgan fingerprint density at radius 2 is 1.37 bits per heavy atom. The number of phosphoric acid groups is 1. The van der Waals surface area contributed by atoms with Crippen LogP contribution < -0.4 is 13.9 Å². The smallest absolute Gasteiger partial charge is 0.393 e. The topological polar surface area (TPSA) is 54.0 Å². The SMILES string of the molecule is CCc1cc(C)ccc1OOP(=O)(Oc1ccccc1)Oc1ccccc1. The van der Waals surface area contributed by atoms with E-state index in [1.54, 1.807) is 54.6 Å². The second kappa shape index (κ2) is 8.76. The molecule has 0 amide bonds. The van der Waals surface area contributed by atoms with Gasteiger partial charge < -0.3 is 13.9 Å². The Balaban J connectivity index is 1.82. The summed E-state index contributed by atoms with van der Waals surface area (Å²) in [6.07, 6.45) is 0.740. The van der Waals surface area contributed by atoms with Crippen LogP contribution in [0.1, 0.15) is 18.1 Å². The second-order valence-electron chi connectivity index (χ2n) is 5.88. The highest BCUT2D eigenvalue weighted by atomic mass is 31.2. The fourth-order valence-electron chi connectivity index (χ4n) is 2.42. The van der Waals surface area contributed by atoms with Crippen molar-refractivity contribution in [2.75, 3.05) is 0 Å². The van der Waals surface area contributed by atoms with Crippen molar-refractivity contribution in [3.8, 4) is 17.2 Å². The van der Waals surface area contributed by atoms with Crippen molar-refractivity contribution in [2.24, 2.45) is 0 Å². The Morgan fingerprint density at radius 1 is 0.815 bits per heavy atom. The molecule has 3 aromatic carbocycles. The highest BCUT2D eigenvalue weighted by Crippen LogP contribution is 2.50. The number of aryl methyl sites for hydroxylation is 2. The molecule has 0 heterocycles. The van der Waals surface area contributed by atoms with E-state index in [1.165, 1.54) is 0 Å². The molecule has 0 N–H and O–H groups in total. The molecule has 0 fully saturated rings. The number of rotatable bonds is 8. The normalized spacial score (nSPS) is 11.0. The van der Waals surface area contributed by atoms with Crippen molar-refractivity contribution in [1.82, 2.24) is 0 Å². The highest BCUT2D eigenvalue weighted by Gasteiger charge is 2.34. The molecule has 140 valence electrons. The molecular formula is C21H21O5P. The van der Waals surface area contributed by atoms with E-state index in [-0.39, 0.29) is 0 Å². The number of hydrogen-bond acceptors (Lipinski definition) is 5. The van der Waals surface area contributed by atoms with Crippen LogP contribution in [0.2, 0.25) is 0 Å².